The Balaban J connectivity index is 0.00000196. The summed E-state index contributed by atoms with van der Waals surface area (Å²) >= 11 is 11.4. The molecule has 1 aliphatic carbocycles. The highest BCUT2D eigenvalue weighted by molar-refractivity contribution is 6.51. The minimum Gasteiger partial charge on any atom is -0.465 e. The van der Waals surface area contributed by atoms with Gasteiger partial charge in [0.15, 0.2) is 0 Å². The summed E-state index contributed by atoms with van der Waals surface area (Å²) in [6, 6.07) is 0. The van der Waals surface area contributed by atoms with Crippen LogP contribution in [0.5, 0.6) is 0 Å². The maximum absolute atomic E-state index is 11.3. The lowest BCUT2D eigenvalue weighted by molar-refractivity contribution is -0.144. The van der Waals surface area contributed by atoms with E-state index in [1.807, 2.05) is 0 Å². The first-order chi connectivity index (χ1) is 6.57. The van der Waals surface area contributed by atoms with Crippen molar-refractivity contribution in [1.82, 2.24) is 0 Å². The molecular formula is C9H10Cl3NO2. The summed E-state index contributed by atoms with van der Waals surface area (Å²) in [7, 11) is 0. The van der Waals surface area contributed by atoms with Gasteiger partial charge in [0.05, 0.1) is 22.4 Å². The van der Waals surface area contributed by atoms with E-state index in [9.17, 15) is 4.79 Å². The van der Waals surface area contributed by atoms with Crippen molar-refractivity contribution in [2.75, 3.05) is 6.61 Å². The minimum atomic E-state index is -0.732. The van der Waals surface area contributed by atoms with Gasteiger partial charge in [0.2, 0.25) is 0 Å². The number of hydrogen-bond donors (Lipinski definition) is 1. The average molecular weight is 271 g/mol. The van der Waals surface area contributed by atoms with E-state index < -0.39 is 11.9 Å². The Morgan fingerprint density at radius 3 is 2.73 bits per heavy atom. The first kappa shape index (κ1) is 14.5. The minimum absolute atomic E-state index is 0. The largest absolute Gasteiger partial charge is 0.465 e. The van der Waals surface area contributed by atoms with E-state index in [1.54, 1.807) is 6.92 Å². The Morgan fingerprint density at radius 1 is 1.60 bits per heavy atom. The molecule has 84 valence electrons. The number of nitrogens with one attached hydrogen (secondary N) is 1. The molecule has 1 unspecified atom stereocenters. The molecule has 0 bridgehead atoms. The molecule has 0 aliphatic heterocycles. The predicted molar refractivity (Wildman–Crippen MR) is 63.0 cm³/mol. The van der Waals surface area contributed by atoms with Crippen LogP contribution >= 0.6 is 35.6 Å². The van der Waals surface area contributed by atoms with E-state index in [2.05, 4.69) is 0 Å². The summed E-state index contributed by atoms with van der Waals surface area (Å²) in [4.78, 5) is 11.3. The van der Waals surface area contributed by atoms with Gasteiger partial charge in [-0.05, 0) is 13.0 Å². The molecule has 0 aromatic heterocycles. The highest BCUT2D eigenvalue weighted by atomic mass is 35.5. The van der Waals surface area contributed by atoms with Crippen LogP contribution in [0.1, 0.15) is 6.92 Å². The normalized spacial score (nSPS) is 19.9. The fourth-order valence-electron chi connectivity index (χ4n) is 1.04. The van der Waals surface area contributed by atoms with Crippen LogP contribution < -0.4 is 0 Å². The third-order valence-electron chi connectivity index (χ3n) is 1.73. The quantitative estimate of drug-likeness (QED) is 0.784. The third kappa shape index (κ3) is 3.23. The Morgan fingerprint density at radius 2 is 2.20 bits per heavy atom. The van der Waals surface area contributed by atoms with Gasteiger partial charge in [-0.1, -0.05) is 29.3 Å². The Bertz CT molecular complexity index is 336. The van der Waals surface area contributed by atoms with E-state index in [0.717, 1.165) is 0 Å². The molecule has 0 fully saturated rings. The second kappa shape index (κ2) is 6.16. The number of hydrogen-bond acceptors (Lipinski definition) is 3. The first-order valence-corrected chi connectivity index (χ1v) is 4.82. The van der Waals surface area contributed by atoms with Crippen molar-refractivity contribution < 1.29 is 9.53 Å². The van der Waals surface area contributed by atoms with Crippen molar-refractivity contribution in [3.8, 4) is 0 Å². The summed E-state index contributed by atoms with van der Waals surface area (Å²) in [5.74, 6) is -1.21. The molecule has 0 radical (unpaired) electrons. The number of ether oxygens (including phenoxy) is 1. The number of rotatable bonds is 2. The topological polar surface area (TPSA) is 50.2 Å². The van der Waals surface area contributed by atoms with Crippen molar-refractivity contribution in [3.05, 3.63) is 22.2 Å². The van der Waals surface area contributed by atoms with E-state index in [0.29, 0.717) is 0 Å². The SMILES string of the molecule is CCOC(=O)C1C=CC(Cl)=C(Cl)C1=N.Cl. The third-order valence-corrected chi connectivity index (χ3v) is 2.55. The van der Waals surface area contributed by atoms with Gasteiger partial charge in [-0.25, -0.2) is 0 Å². The lowest BCUT2D eigenvalue weighted by atomic mass is 9.98. The van der Waals surface area contributed by atoms with Gasteiger partial charge in [-0.2, -0.15) is 0 Å². The van der Waals surface area contributed by atoms with Gasteiger partial charge >= 0.3 is 5.97 Å². The second-order valence-electron chi connectivity index (χ2n) is 2.66. The average Bonchev–Trinajstić information content (AvgIpc) is 2.15. The summed E-state index contributed by atoms with van der Waals surface area (Å²) in [5.41, 5.74) is -0.0161. The predicted octanol–water partition coefficient (Wildman–Crippen LogP) is 2.87. The molecule has 1 rings (SSSR count). The molecule has 1 N–H and O–H groups in total. The Kier molecular flexibility index (Phi) is 5.95. The van der Waals surface area contributed by atoms with Crippen molar-refractivity contribution in [2.24, 2.45) is 5.92 Å². The Hall–Kier alpha value is -0.510. The molecule has 0 aromatic rings. The van der Waals surface area contributed by atoms with Gasteiger partial charge in [0.25, 0.3) is 0 Å². The molecule has 1 aliphatic rings. The number of halogens is 3. The lowest BCUT2D eigenvalue weighted by Gasteiger charge is -2.16. The van der Waals surface area contributed by atoms with Crippen molar-refractivity contribution in [3.63, 3.8) is 0 Å². The highest BCUT2D eigenvalue weighted by Crippen LogP contribution is 2.26. The molecule has 1 atom stereocenters. The number of esters is 1. The van der Waals surface area contributed by atoms with Crippen LogP contribution in [-0.4, -0.2) is 18.3 Å². The smallest absolute Gasteiger partial charge is 0.318 e. The molecular weight excluding hydrogens is 260 g/mol. The van der Waals surface area contributed by atoms with Gasteiger partial charge in [-0.3, -0.25) is 4.79 Å². The van der Waals surface area contributed by atoms with Crippen LogP contribution in [0.4, 0.5) is 0 Å². The maximum atomic E-state index is 11.3. The number of carbonyl (C=O) groups excluding carboxylic acids is 1. The summed E-state index contributed by atoms with van der Waals surface area (Å²) in [5, 5.41) is 7.94. The van der Waals surface area contributed by atoms with Crippen LogP contribution in [0, 0.1) is 11.3 Å². The van der Waals surface area contributed by atoms with Crippen molar-refractivity contribution >= 4 is 47.3 Å². The fourth-order valence-corrected chi connectivity index (χ4v) is 1.40. The molecule has 15 heavy (non-hydrogen) atoms. The second-order valence-corrected chi connectivity index (χ2v) is 3.45. The molecule has 0 aromatic carbocycles. The van der Waals surface area contributed by atoms with E-state index in [-0.39, 0.29) is 34.8 Å². The molecule has 0 heterocycles. The van der Waals surface area contributed by atoms with Crippen molar-refractivity contribution in [2.45, 2.75) is 6.92 Å². The zero-order valence-electron chi connectivity index (χ0n) is 7.92. The van der Waals surface area contributed by atoms with Crippen LogP contribution in [0.2, 0.25) is 0 Å². The van der Waals surface area contributed by atoms with Gasteiger partial charge in [-0.15, -0.1) is 12.4 Å². The lowest BCUT2D eigenvalue weighted by Crippen LogP contribution is -2.26. The van der Waals surface area contributed by atoms with Gasteiger partial charge in [0.1, 0.15) is 5.92 Å². The molecule has 0 amide bonds. The molecule has 0 saturated carbocycles. The standard InChI is InChI=1S/C9H9Cl2NO2.ClH/c1-2-14-9(13)5-3-4-6(10)7(11)8(5)12;/h3-5,12H,2H2,1H3;1H. The van der Waals surface area contributed by atoms with Crippen LogP contribution in [0.15, 0.2) is 22.2 Å². The maximum Gasteiger partial charge on any atom is 0.318 e. The van der Waals surface area contributed by atoms with E-state index in [4.69, 9.17) is 33.3 Å². The molecule has 3 nitrogen and oxygen atoms in total. The first-order valence-electron chi connectivity index (χ1n) is 4.06. The van der Waals surface area contributed by atoms with Gasteiger partial charge in [0, 0.05) is 0 Å². The molecule has 6 heteroatoms. The zero-order chi connectivity index (χ0) is 10.7. The van der Waals surface area contributed by atoms with Crippen molar-refractivity contribution in [1.29, 1.82) is 5.41 Å². The van der Waals surface area contributed by atoms with Gasteiger partial charge < -0.3 is 10.1 Å². The number of allylic oxidation sites excluding steroid dienone is 3. The number of carbonyl (C=O) groups is 1. The van der Waals surface area contributed by atoms with Crippen LogP contribution in [0.25, 0.3) is 0 Å². The fraction of sp³-hybridized carbons (Fsp3) is 0.333. The molecule has 0 spiro atoms. The zero-order valence-corrected chi connectivity index (χ0v) is 10.2. The summed E-state index contributed by atoms with van der Waals surface area (Å²) in [6.45, 7) is 1.99. The Labute approximate surface area is 104 Å². The summed E-state index contributed by atoms with van der Waals surface area (Å²) in [6.07, 6.45) is 3.01. The van der Waals surface area contributed by atoms with E-state index >= 15 is 0 Å². The van der Waals surface area contributed by atoms with E-state index in [1.165, 1.54) is 12.2 Å². The highest BCUT2D eigenvalue weighted by Gasteiger charge is 2.27. The van der Waals surface area contributed by atoms with Crippen LogP contribution in [0.3, 0.4) is 0 Å². The monoisotopic (exact) mass is 269 g/mol. The summed E-state index contributed by atoms with van der Waals surface area (Å²) < 4.78 is 4.78. The molecule has 0 saturated heterocycles. The van der Waals surface area contributed by atoms with Crippen LogP contribution in [-0.2, 0) is 9.53 Å².